The predicted octanol–water partition coefficient (Wildman–Crippen LogP) is 4.89. The summed E-state index contributed by atoms with van der Waals surface area (Å²) in [5.74, 6) is 1.38. The van der Waals surface area contributed by atoms with Crippen molar-refractivity contribution < 1.29 is 0 Å². The van der Waals surface area contributed by atoms with E-state index in [0.29, 0.717) is 5.95 Å². The first-order valence-electron chi connectivity index (χ1n) is 7.61. The van der Waals surface area contributed by atoms with Gasteiger partial charge in [0.1, 0.15) is 5.82 Å². The summed E-state index contributed by atoms with van der Waals surface area (Å²) in [6.07, 6.45) is 1.82. The molecule has 0 spiro atoms. The van der Waals surface area contributed by atoms with Crippen LogP contribution in [0.2, 0.25) is 0 Å². The molecule has 0 aliphatic carbocycles. The van der Waals surface area contributed by atoms with Gasteiger partial charge in [0.25, 0.3) is 0 Å². The van der Waals surface area contributed by atoms with E-state index >= 15 is 0 Å². The second kappa shape index (κ2) is 6.48. The van der Waals surface area contributed by atoms with Crippen molar-refractivity contribution in [1.82, 2.24) is 9.97 Å². The maximum Gasteiger partial charge on any atom is 0.229 e. The lowest BCUT2D eigenvalue weighted by molar-refractivity contribution is 1.13. The lowest BCUT2D eigenvalue weighted by Crippen LogP contribution is -2.02. The van der Waals surface area contributed by atoms with Gasteiger partial charge in [-0.15, -0.1) is 0 Å². The van der Waals surface area contributed by atoms with E-state index in [-0.39, 0.29) is 0 Å². The maximum atomic E-state index is 4.57. The summed E-state index contributed by atoms with van der Waals surface area (Å²) < 4.78 is 0. The zero-order valence-corrected chi connectivity index (χ0v) is 13.6. The van der Waals surface area contributed by atoms with Crippen molar-refractivity contribution in [2.75, 3.05) is 10.6 Å². The minimum atomic E-state index is 0.578. The minimum Gasteiger partial charge on any atom is -0.340 e. The van der Waals surface area contributed by atoms with Gasteiger partial charge in [-0.3, -0.25) is 0 Å². The fraction of sp³-hybridized carbons (Fsp3) is 0.158. The van der Waals surface area contributed by atoms with E-state index in [1.54, 1.807) is 0 Å². The predicted molar refractivity (Wildman–Crippen MR) is 95.7 cm³/mol. The van der Waals surface area contributed by atoms with E-state index in [0.717, 1.165) is 22.8 Å². The fourth-order valence-corrected chi connectivity index (χ4v) is 2.17. The van der Waals surface area contributed by atoms with Crippen molar-refractivity contribution in [1.29, 1.82) is 0 Å². The quantitative estimate of drug-likeness (QED) is 0.720. The Balaban J connectivity index is 1.81. The molecule has 4 nitrogen and oxygen atoms in total. The Morgan fingerprint density at radius 3 is 1.78 bits per heavy atom. The third kappa shape index (κ3) is 3.86. The molecule has 1 heterocycles. The van der Waals surface area contributed by atoms with Crippen LogP contribution in [0, 0.1) is 20.8 Å². The lowest BCUT2D eigenvalue weighted by Gasteiger charge is -2.11. The van der Waals surface area contributed by atoms with Crippen molar-refractivity contribution in [2.45, 2.75) is 20.8 Å². The molecule has 0 saturated heterocycles. The van der Waals surface area contributed by atoms with Crippen LogP contribution in [0.25, 0.3) is 0 Å². The zero-order valence-electron chi connectivity index (χ0n) is 13.6. The Bertz CT molecular complexity index is 793. The highest BCUT2D eigenvalue weighted by atomic mass is 15.1. The van der Waals surface area contributed by atoms with Gasteiger partial charge < -0.3 is 10.6 Å². The van der Waals surface area contributed by atoms with Crippen LogP contribution in [0.4, 0.5) is 23.1 Å². The normalized spacial score (nSPS) is 10.4. The highest BCUT2D eigenvalue weighted by Gasteiger charge is 2.05. The lowest BCUT2D eigenvalue weighted by atomic mass is 10.2. The van der Waals surface area contributed by atoms with E-state index < -0.39 is 0 Å². The molecule has 0 saturated carbocycles. The maximum absolute atomic E-state index is 4.57. The summed E-state index contributed by atoms with van der Waals surface area (Å²) in [6.45, 7) is 6.13. The molecule has 0 atom stereocenters. The molecule has 2 N–H and O–H groups in total. The third-order valence-electron chi connectivity index (χ3n) is 3.59. The SMILES string of the molecule is Cc1ccc(Nc2ncc(C)c(Nc3ccc(C)cc3)n2)cc1. The molecule has 0 fully saturated rings. The average Bonchev–Trinajstić information content (AvgIpc) is 2.55. The van der Waals surface area contributed by atoms with Gasteiger partial charge in [0.05, 0.1) is 0 Å². The minimum absolute atomic E-state index is 0.578. The van der Waals surface area contributed by atoms with Gasteiger partial charge in [0.15, 0.2) is 0 Å². The molecule has 3 rings (SSSR count). The summed E-state index contributed by atoms with van der Waals surface area (Å²) >= 11 is 0. The molecular formula is C19H20N4. The topological polar surface area (TPSA) is 49.8 Å². The molecule has 4 heteroatoms. The molecule has 0 aliphatic rings. The van der Waals surface area contributed by atoms with Crippen LogP contribution in [-0.2, 0) is 0 Å². The van der Waals surface area contributed by atoms with Crippen LogP contribution in [-0.4, -0.2) is 9.97 Å². The largest absolute Gasteiger partial charge is 0.340 e. The molecule has 0 amide bonds. The smallest absolute Gasteiger partial charge is 0.229 e. The second-order valence-electron chi connectivity index (χ2n) is 5.71. The number of anilines is 4. The molecule has 0 unspecified atom stereocenters. The van der Waals surface area contributed by atoms with Gasteiger partial charge in [-0.1, -0.05) is 35.4 Å². The molecule has 3 aromatic rings. The summed E-state index contributed by atoms with van der Waals surface area (Å²) in [5, 5.41) is 6.58. The van der Waals surface area contributed by atoms with E-state index in [4.69, 9.17) is 0 Å². The summed E-state index contributed by atoms with van der Waals surface area (Å²) in [6, 6.07) is 16.4. The Hall–Kier alpha value is -2.88. The highest BCUT2D eigenvalue weighted by molar-refractivity contribution is 5.62. The van der Waals surface area contributed by atoms with Crippen LogP contribution in [0.1, 0.15) is 16.7 Å². The first-order valence-corrected chi connectivity index (χ1v) is 7.61. The number of hydrogen-bond donors (Lipinski definition) is 2. The molecule has 116 valence electrons. The number of nitrogens with one attached hydrogen (secondary N) is 2. The fourth-order valence-electron chi connectivity index (χ4n) is 2.17. The molecule has 23 heavy (non-hydrogen) atoms. The van der Waals surface area contributed by atoms with Crippen LogP contribution >= 0.6 is 0 Å². The summed E-state index contributed by atoms with van der Waals surface area (Å²) in [4.78, 5) is 8.92. The molecule has 0 bridgehead atoms. The van der Waals surface area contributed by atoms with Crippen molar-refractivity contribution in [3.8, 4) is 0 Å². The summed E-state index contributed by atoms with van der Waals surface area (Å²) in [5.41, 5.74) is 5.44. The Morgan fingerprint density at radius 1 is 0.696 bits per heavy atom. The van der Waals surface area contributed by atoms with Crippen molar-refractivity contribution in [3.63, 3.8) is 0 Å². The first kappa shape index (κ1) is 15.0. The van der Waals surface area contributed by atoms with E-state index in [1.807, 2.05) is 37.4 Å². The monoisotopic (exact) mass is 304 g/mol. The Labute approximate surface area is 136 Å². The highest BCUT2D eigenvalue weighted by Crippen LogP contribution is 2.21. The summed E-state index contributed by atoms with van der Waals surface area (Å²) in [7, 11) is 0. The zero-order chi connectivity index (χ0) is 16.2. The standard InChI is InChI=1S/C19H20N4/c1-13-4-8-16(9-5-13)21-18-15(3)12-20-19(23-18)22-17-10-6-14(2)7-11-17/h4-12H,1-3H3,(H2,20,21,22,23). The van der Waals surface area contributed by atoms with E-state index in [9.17, 15) is 0 Å². The van der Waals surface area contributed by atoms with Gasteiger partial charge in [-0.2, -0.15) is 4.98 Å². The number of aromatic nitrogens is 2. The van der Waals surface area contributed by atoms with Gasteiger partial charge in [0.2, 0.25) is 5.95 Å². The average molecular weight is 304 g/mol. The Kier molecular flexibility index (Phi) is 4.24. The number of rotatable bonds is 4. The number of nitrogens with zero attached hydrogens (tertiary/aromatic N) is 2. The molecule has 0 radical (unpaired) electrons. The van der Waals surface area contributed by atoms with Crippen LogP contribution < -0.4 is 10.6 Å². The third-order valence-corrected chi connectivity index (χ3v) is 3.59. The van der Waals surface area contributed by atoms with Gasteiger partial charge in [-0.05, 0) is 45.0 Å². The van der Waals surface area contributed by atoms with Gasteiger partial charge in [-0.25, -0.2) is 4.98 Å². The first-order chi connectivity index (χ1) is 11.1. The van der Waals surface area contributed by atoms with E-state index in [1.165, 1.54) is 11.1 Å². The van der Waals surface area contributed by atoms with Crippen LogP contribution in [0.3, 0.4) is 0 Å². The van der Waals surface area contributed by atoms with Crippen molar-refractivity contribution in [3.05, 3.63) is 71.4 Å². The molecule has 0 aliphatic heterocycles. The number of aryl methyl sites for hydroxylation is 3. The van der Waals surface area contributed by atoms with Crippen LogP contribution in [0.5, 0.6) is 0 Å². The van der Waals surface area contributed by atoms with E-state index in [2.05, 4.69) is 58.7 Å². The second-order valence-corrected chi connectivity index (χ2v) is 5.71. The number of benzene rings is 2. The Morgan fingerprint density at radius 2 is 1.22 bits per heavy atom. The van der Waals surface area contributed by atoms with Crippen molar-refractivity contribution >= 4 is 23.1 Å². The molecular weight excluding hydrogens is 284 g/mol. The van der Waals surface area contributed by atoms with Crippen LogP contribution in [0.15, 0.2) is 54.7 Å². The number of hydrogen-bond acceptors (Lipinski definition) is 4. The van der Waals surface area contributed by atoms with Gasteiger partial charge >= 0.3 is 0 Å². The van der Waals surface area contributed by atoms with Gasteiger partial charge in [0, 0.05) is 23.1 Å². The molecule has 1 aromatic heterocycles. The molecule has 2 aromatic carbocycles. The van der Waals surface area contributed by atoms with Crippen molar-refractivity contribution in [2.24, 2.45) is 0 Å².